The molecule has 0 aliphatic heterocycles. The Balaban J connectivity index is 2.27. The van der Waals surface area contributed by atoms with Crippen molar-refractivity contribution in [3.8, 4) is 0 Å². The van der Waals surface area contributed by atoms with Crippen molar-refractivity contribution in [3.05, 3.63) is 29.8 Å². The smallest absolute Gasteiger partial charge is 0.175 e. The van der Waals surface area contributed by atoms with Crippen molar-refractivity contribution in [1.29, 1.82) is 0 Å². The maximum Gasteiger partial charge on any atom is 0.175 e. The summed E-state index contributed by atoms with van der Waals surface area (Å²) in [7, 11) is -3.04. The predicted octanol–water partition coefficient (Wildman–Crippen LogP) is 2.21. The van der Waals surface area contributed by atoms with Gasteiger partial charge in [0.25, 0.3) is 0 Å². The van der Waals surface area contributed by atoms with Crippen LogP contribution in [0, 0.1) is 5.92 Å². The van der Waals surface area contributed by atoms with Gasteiger partial charge in [-0.25, -0.2) is 8.42 Å². The van der Waals surface area contributed by atoms with Gasteiger partial charge in [0.1, 0.15) is 0 Å². The summed E-state index contributed by atoms with van der Waals surface area (Å²) in [5, 5.41) is 0. The Morgan fingerprint density at radius 1 is 1.21 bits per heavy atom. The number of sulfone groups is 1. The molecular weight excluding hydrogens is 196 g/mol. The molecule has 0 radical (unpaired) electrons. The molecule has 2 nitrogen and oxygen atoms in total. The highest BCUT2D eigenvalue weighted by Crippen LogP contribution is 2.46. The molecule has 3 heteroatoms. The molecule has 0 aromatic heterocycles. The Hall–Kier alpha value is -0.830. The zero-order valence-corrected chi connectivity index (χ0v) is 9.21. The monoisotopic (exact) mass is 210 g/mol. The second-order valence-corrected chi connectivity index (χ2v) is 6.18. The van der Waals surface area contributed by atoms with Crippen LogP contribution in [0.4, 0.5) is 0 Å². The summed E-state index contributed by atoms with van der Waals surface area (Å²) in [5.74, 6) is 1.42. The number of hydrogen-bond acceptors (Lipinski definition) is 2. The summed E-state index contributed by atoms with van der Waals surface area (Å²) in [6.07, 6.45) is 2.47. The Bertz CT molecular complexity index is 431. The molecule has 2 atom stereocenters. The van der Waals surface area contributed by atoms with Gasteiger partial charge in [-0.1, -0.05) is 19.1 Å². The highest BCUT2D eigenvalue weighted by atomic mass is 32.2. The molecule has 0 N–H and O–H groups in total. The van der Waals surface area contributed by atoms with E-state index in [1.165, 1.54) is 18.2 Å². The van der Waals surface area contributed by atoms with E-state index in [9.17, 15) is 8.42 Å². The number of rotatable bonds is 2. The summed E-state index contributed by atoms with van der Waals surface area (Å²) in [4.78, 5) is 0.412. The fourth-order valence-electron chi connectivity index (χ4n) is 1.75. The summed E-state index contributed by atoms with van der Waals surface area (Å²) in [5.41, 5.74) is 1.27. The molecule has 2 rings (SSSR count). The quantitative estimate of drug-likeness (QED) is 0.750. The van der Waals surface area contributed by atoms with Crippen LogP contribution in [0.15, 0.2) is 29.2 Å². The van der Waals surface area contributed by atoms with Crippen molar-refractivity contribution in [3.63, 3.8) is 0 Å². The van der Waals surface area contributed by atoms with Crippen LogP contribution in [-0.4, -0.2) is 14.7 Å². The van der Waals surface area contributed by atoms with Crippen LogP contribution < -0.4 is 0 Å². The molecule has 0 bridgehead atoms. The third-order valence-electron chi connectivity index (χ3n) is 2.85. The molecule has 76 valence electrons. The summed E-state index contributed by atoms with van der Waals surface area (Å²) in [6.45, 7) is 2.22. The lowest BCUT2D eigenvalue weighted by Gasteiger charge is -2.01. The van der Waals surface area contributed by atoms with E-state index in [4.69, 9.17) is 0 Å². The van der Waals surface area contributed by atoms with Crippen molar-refractivity contribution in [1.82, 2.24) is 0 Å². The van der Waals surface area contributed by atoms with Crippen LogP contribution in [0.1, 0.15) is 24.8 Å². The Kier molecular flexibility index (Phi) is 2.14. The van der Waals surface area contributed by atoms with E-state index in [-0.39, 0.29) is 0 Å². The van der Waals surface area contributed by atoms with Gasteiger partial charge in [0, 0.05) is 6.26 Å². The van der Waals surface area contributed by atoms with Crippen LogP contribution in [0.25, 0.3) is 0 Å². The topological polar surface area (TPSA) is 34.1 Å². The molecule has 0 heterocycles. The van der Waals surface area contributed by atoms with Crippen molar-refractivity contribution in [2.45, 2.75) is 24.2 Å². The van der Waals surface area contributed by atoms with Gasteiger partial charge < -0.3 is 0 Å². The van der Waals surface area contributed by atoms with Crippen LogP contribution >= 0.6 is 0 Å². The van der Waals surface area contributed by atoms with Gasteiger partial charge in [0.15, 0.2) is 9.84 Å². The normalized spacial score (nSPS) is 26.1. The molecule has 0 amide bonds. The summed E-state index contributed by atoms with van der Waals surface area (Å²) >= 11 is 0. The fourth-order valence-corrected chi connectivity index (χ4v) is 2.38. The van der Waals surface area contributed by atoms with Gasteiger partial charge in [0.2, 0.25) is 0 Å². The van der Waals surface area contributed by atoms with E-state index in [1.807, 2.05) is 12.1 Å². The molecule has 1 aromatic carbocycles. The first kappa shape index (κ1) is 9.71. The van der Waals surface area contributed by atoms with E-state index in [0.717, 1.165) is 5.92 Å². The minimum Gasteiger partial charge on any atom is -0.224 e. The van der Waals surface area contributed by atoms with Gasteiger partial charge in [-0.05, 0) is 36.0 Å². The van der Waals surface area contributed by atoms with Gasteiger partial charge in [-0.3, -0.25) is 0 Å². The maximum atomic E-state index is 11.2. The molecule has 0 spiro atoms. The Morgan fingerprint density at radius 2 is 1.71 bits per heavy atom. The highest BCUT2D eigenvalue weighted by molar-refractivity contribution is 7.90. The zero-order valence-electron chi connectivity index (χ0n) is 8.40. The SMILES string of the molecule is CC1CC1c1ccc(S(C)(=O)=O)cc1. The molecule has 0 saturated heterocycles. The Morgan fingerprint density at radius 3 is 2.07 bits per heavy atom. The van der Waals surface area contributed by atoms with Crippen LogP contribution in [-0.2, 0) is 9.84 Å². The van der Waals surface area contributed by atoms with Gasteiger partial charge in [0.05, 0.1) is 4.90 Å². The molecule has 1 aliphatic carbocycles. The van der Waals surface area contributed by atoms with Gasteiger partial charge >= 0.3 is 0 Å². The van der Waals surface area contributed by atoms with Crippen LogP contribution in [0.5, 0.6) is 0 Å². The minimum atomic E-state index is -3.04. The fraction of sp³-hybridized carbons (Fsp3) is 0.455. The molecule has 1 saturated carbocycles. The molecule has 1 aliphatic rings. The first-order valence-corrected chi connectivity index (χ1v) is 6.67. The second kappa shape index (κ2) is 3.09. The number of hydrogen-bond donors (Lipinski definition) is 0. The van der Waals surface area contributed by atoms with Gasteiger partial charge in [-0.15, -0.1) is 0 Å². The van der Waals surface area contributed by atoms with E-state index >= 15 is 0 Å². The molecular formula is C11H14O2S. The third-order valence-corrected chi connectivity index (χ3v) is 3.97. The zero-order chi connectivity index (χ0) is 10.3. The van der Waals surface area contributed by atoms with E-state index in [1.54, 1.807) is 12.1 Å². The van der Waals surface area contributed by atoms with Crippen LogP contribution in [0.3, 0.4) is 0 Å². The van der Waals surface area contributed by atoms with E-state index < -0.39 is 9.84 Å². The van der Waals surface area contributed by atoms with Crippen molar-refractivity contribution < 1.29 is 8.42 Å². The Labute approximate surface area is 84.9 Å². The molecule has 14 heavy (non-hydrogen) atoms. The lowest BCUT2D eigenvalue weighted by molar-refractivity contribution is 0.602. The molecule has 1 aromatic rings. The van der Waals surface area contributed by atoms with Crippen molar-refractivity contribution >= 4 is 9.84 Å². The van der Waals surface area contributed by atoms with Gasteiger partial charge in [-0.2, -0.15) is 0 Å². The highest BCUT2D eigenvalue weighted by Gasteiger charge is 2.33. The predicted molar refractivity (Wildman–Crippen MR) is 56.1 cm³/mol. The number of benzene rings is 1. The molecule has 2 unspecified atom stereocenters. The lowest BCUT2D eigenvalue weighted by atomic mass is 10.1. The average molecular weight is 210 g/mol. The standard InChI is InChI=1S/C11H14O2S/c1-8-7-11(8)9-3-5-10(6-4-9)14(2,12)13/h3-6,8,11H,7H2,1-2H3. The summed E-state index contributed by atoms with van der Waals surface area (Å²) in [6, 6.07) is 7.28. The van der Waals surface area contributed by atoms with Crippen LogP contribution in [0.2, 0.25) is 0 Å². The average Bonchev–Trinajstić information content (AvgIpc) is 2.81. The first-order valence-electron chi connectivity index (χ1n) is 4.78. The maximum absolute atomic E-state index is 11.2. The lowest BCUT2D eigenvalue weighted by Crippen LogP contribution is -1.96. The summed E-state index contributed by atoms with van der Waals surface area (Å²) < 4.78 is 22.4. The van der Waals surface area contributed by atoms with Crippen molar-refractivity contribution in [2.24, 2.45) is 5.92 Å². The largest absolute Gasteiger partial charge is 0.224 e. The van der Waals surface area contributed by atoms with E-state index in [0.29, 0.717) is 10.8 Å². The van der Waals surface area contributed by atoms with Crippen molar-refractivity contribution in [2.75, 3.05) is 6.26 Å². The minimum absolute atomic E-state index is 0.412. The third kappa shape index (κ3) is 1.82. The second-order valence-electron chi connectivity index (χ2n) is 4.16. The first-order chi connectivity index (χ1) is 6.48. The molecule has 1 fully saturated rings. The van der Waals surface area contributed by atoms with E-state index in [2.05, 4.69) is 6.92 Å².